The van der Waals surface area contributed by atoms with E-state index in [1.165, 1.54) is 5.39 Å². The Kier molecular flexibility index (Phi) is 2.06. The molecule has 2 aromatic rings. The molecule has 0 unspecified atom stereocenters. The van der Waals surface area contributed by atoms with Gasteiger partial charge in [0.25, 0.3) is 0 Å². The van der Waals surface area contributed by atoms with Crippen molar-refractivity contribution < 1.29 is 9.53 Å². The van der Waals surface area contributed by atoms with Crippen LogP contribution in [-0.4, -0.2) is 17.7 Å². The Bertz CT molecular complexity index is 533. The number of ether oxygens (including phenoxy) is 1. The number of alkyl carbamates (subject to hydrolysis) is 1. The summed E-state index contributed by atoms with van der Waals surface area (Å²) in [6, 6.07) is 8.27. The number of aromatic amines is 1. The Morgan fingerprint density at radius 3 is 3.12 bits per heavy atom. The van der Waals surface area contributed by atoms with Gasteiger partial charge in [-0.3, -0.25) is 0 Å². The summed E-state index contributed by atoms with van der Waals surface area (Å²) in [7, 11) is 0. The molecule has 1 aliphatic heterocycles. The smallest absolute Gasteiger partial charge is 0.407 e. The molecule has 1 aromatic heterocycles. The number of nitrogens with one attached hydrogen (secondary N) is 2. The van der Waals surface area contributed by atoms with Crippen LogP contribution in [0.4, 0.5) is 4.79 Å². The maximum absolute atomic E-state index is 11.1. The van der Waals surface area contributed by atoms with Gasteiger partial charge >= 0.3 is 6.09 Å². The molecule has 1 fully saturated rings. The van der Waals surface area contributed by atoms with Crippen molar-refractivity contribution in [3.05, 3.63) is 36.0 Å². The monoisotopic (exact) mass is 216 g/mol. The van der Waals surface area contributed by atoms with Crippen LogP contribution in [0.1, 0.15) is 18.0 Å². The first-order valence-electron chi connectivity index (χ1n) is 5.33. The number of hydrogen-bond acceptors (Lipinski definition) is 2. The summed E-state index contributed by atoms with van der Waals surface area (Å²) in [6.45, 7) is 0.488. The minimum Gasteiger partial charge on any atom is -0.449 e. The maximum atomic E-state index is 11.1. The highest BCUT2D eigenvalue weighted by atomic mass is 16.5. The standard InChI is InChI=1S/C12H12N2O2/c15-12-14-11(4-6-16-12)8-1-2-10-9(7-8)3-5-13-10/h1-3,5,7,11,13H,4,6H2,(H,14,15)/t11-/m0/s1. The van der Waals surface area contributed by atoms with Crippen molar-refractivity contribution in [2.24, 2.45) is 0 Å². The Balaban J connectivity index is 1.95. The van der Waals surface area contributed by atoms with Gasteiger partial charge in [-0.25, -0.2) is 4.79 Å². The molecule has 1 amide bonds. The maximum Gasteiger partial charge on any atom is 0.407 e. The zero-order valence-electron chi connectivity index (χ0n) is 8.69. The van der Waals surface area contributed by atoms with E-state index in [2.05, 4.69) is 16.4 Å². The number of carbonyl (C=O) groups is 1. The van der Waals surface area contributed by atoms with E-state index >= 15 is 0 Å². The van der Waals surface area contributed by atoms with Crippen LogP contribution >= 0.6 is 0 Å². The van der Waals surface area contributed by atoms with Crippen molar-refractivity contribution in [3.63, 3.8) is 0 Å². The summed E-state index contributed by atoms with van der Waals surface area (Å²) < 4.78 is 4.85. The molecule has 16 heavy (non-hydrogen) atoms. The van der Waals surface area contributed by atoms with E-state index in [0.717, 1.165) is 17.5 Å². The summed E-state index contributed by atoms with van der Waals surface area (Å²) >= 11 is 0. The lowest BCUT2D eigenvalue weighted by Crippen LogP contribution is -2.35. The van der Waals surface area contributed by atoms with Crippen molar-refractivity contribution in [2.45, 2.75) is 12.5 Å². The van der Waals surface area contributed by atoms with Crippen LogP contribution < -0.4 is 5.32 Å². The number of aromatic nitrogens is 1. The fraction of sp³-hybridized carbons (Fsp3) is 0.250. The molecule has 3 rings (SSSR count). The van der Waals surface area contributed by atoms with E-state index in [1.807, 2.05) is 24.4 Å². The molecule has 4 nitrogen and oxygen atoms in total. The first kappa shape index (κ1) is 9.27. The molecule has 0 radical (unpaired) electrons. The van der Waals surface area contributed by atoms with Gasteiger partial charge in [0.2, 0.25) is 0 Å². The molecule has 1 aromatic carbocycles. The van der Waals surface area contributed by atoms with E-state index in [0.29, 0.717) is 6.61 Å². The Hall–Kier alpha value is -1.97. The molecule has 1 saturated heterocycles. The number of fused-ring (bicyclic) bond motifs is 1. The molecular weight excluding hydrogens is 204 g/mol. The predicted octanol–water partition coefficient (Wildman–Crippen LogP) is 2.34. The molecule has 82 valence electrons. The highest BCUT2D eigenvalue weighted by Crippen LogP contribution is 2.23. The van der Waals surface area contributed by atoms with Crippen molar-refractivity contribution in [2.75, 3.05) is 6.61 Å². The fourth-order valence-electron chi connectivity index (χ4n) is 2.06. The average molecular weight is 216 g/mol. The van der Waals surface area contributed by atoms with Gasteiger partial charge in [-0.15, -0.1) is 0 Å². The van der Waals surface area contributed by atoms with Gasteiger partial charge < -0.3 is 15.0 Å². The first-order valence-corrected chi connectivity index (χ1v) is 5.33. The Labute approximate surface area is 92.6 Å². The van der Waals surface area contributed by atoms with Crippen LogP contribution in [0.2, 0.25) is 0 Å². The second-order valence-electron chi connectivity index (χ2n) is 3.95. The van der Waals surface area contributed by atoms with E-state index in [-0.39, 0.29) is 12.1 Å². The fourth-order valence-corrected chi connectivity index (χ4v) is 2.06. The minimum atomic E-state index is -0.328. The number of benzene rings is 1. The third-order valence-electron chi connectivity index (χ3n) is 2.91. The summed E-state index contributed by atoms with van der Waals surface area (Å²) in [6.07, 6.45) is 2.41. The SMILES string of the molecule is O=C1N[C@H](c2ccc3[nH]ccc3c2)CCO1. The molecule has 1 aliphatic rings. The van der Waals surface area contributed by atoms with E-state index < -0.39 is 0 Å². The van der Waals surface area contributed by atoms with Crippen molar-refractivity contribution in [3.8, 4) is 0 Å². The lowest BCUT2D eigenvalue weighted by molar-refractivity contribution is 0.115. The zero-order valence-corrected chi connectivity index (χ0v) is 8.69. The Morgan fingerprint density at radius 1 is 1.31 bits per heavy atom. The van der Waals surface area contributed by atoms with Gasteiger partial charge in [0.15, 0.2) is 0 Å². The summed E-state index contributed by atoms with van der Waals surface area (Å²) in [5, 5.41) is 3.98. The van der Waals surface area contributed by atoms with Crippen LogP contribution in [0.3, 0.4) is 0 Å². The van der Waals surface area contributed by atoms with Gasteiger partial charge in [0.1, 0.15) is 0 Å². The van der Waals surface area contributed by atoms with E-state index in [9.17, 15) is 4.79 Å². The zero-order chi connectivity index (χ0) is 11.0. The number of hydrogen-bond donors (Lipinski definition) is 2. The molecule has 2 N–H and O–H groups in total. The second-order valence-corrected chi connectivity index (χ2v) is 3.95. The van der Waals surface area contributed by atoms with Crippen molar-refractivity contribution in [1.29, 1.82) is 0 Å². The third kappa shape index (κ3) is 1.52. The first-order chi connectivity index (χ1) is 7.83. The second kappa shape index (κ2) is 3.56. The topological polar surface area (TPSA) is 54.1 Å². The molecule has 2 heterocycles. The number of amides is 1. The molecule has 0 bridgehead atoms. The van der Waals surface area contributed by atoms with Crippen LogP contribution in [0, 0.1) is 0 Å². The largest absolute Gasteiger partial charge is 0.449 e. The number of cyclic esters (lactones) is 1. The summed E-state index contributed by atoms with van der Waals surface area (Å²) in [5.74, 6) is 0. The van der Waals surface area contributed by atoms with Gasteiger partial charge in [-0.05, 0) is 29.1 Å². The minimum absolute atomic E-state index is 0.0700. The molecular formula is C12H12N2O2. The van der Waals surface area contributed by atoms with E-state index in [1.54, 1.807) is 0 Å². The Morgan fingerprint density at radius 2 is 2.25 bits per heavy atom. The normalized spacial score (nSPS) is 20.5. The van der Waals surface area contributed by atoms with E-state index in [4.69, 9.17) is 4.74 Å². The highest BCUT2D eigenvalue weighted by Gasteiger charge is 2.20. The van der Waals surface area contributed by atoms with Crippen molar-refractivity contribution >= 4 is 17.0 Å². The molecule has 0 aliphatic carbocycles. The summed E-state index contributed by atoms with van der Waals surface area (Å²) in [5.41, 5.74) is 2.24. The van der Waals surface area contributed by atoms with Crippen LogP contribution in [0.25, 0.3) is 10.9 Å². The molecule has 0 spiro atoms. The molecule has 1 atom stereocenters. The number of rotatable bonds is 1. The predicted molar refractivity (Wildman–Crippen MR) is 60.1 cm³/mol. The van der Waals surface area contributed by atoms with Gasteiger partial charge in [0.05, 0.1) is 12.6 Å². The molecule has 4 heteroatoms. The highest BCUT2D eigenvalue weighted by molar-refractivity contribution is 5.80. The number of H-pyrrole nitrogens is 1. The van der Waals surface area contributed by atoms with Gasteiger partial charge in [0, 0.05) is 18.1 Å². The molecule has 0 saturated carbocycles. The quantitative estimate of drug-likeness (QED) is 0.768. The van der Waals surface area contributed by atoms with Crippen LogP contribution in [-0.2, 0) is 4.74 Å². The lowest BCUT2D eigenvalue weighted by Gasteiger charge is -2.23. The summed E-state index contributed by atoms with van der Waals surface area (Å²) in [4.78, 5) is 14.3. The van der Waals surface area contributed by atoms with Crippen LogP contribution in [0.5, 0.6) is 0 Å². The lowest BCUT2D eigenvalue weighted by atomic mass is 10.0. The number of carbonyl (C=O) groups excluding carboxylic acids is 1. The average Bonchev–Trinajstić information content (AvgIpc) is 2.75. The van der Waals surface area contributed by atoms with Crippen LogP contribution in [0.15, 0.2) is 30.5 Å². The van der Waals surface area contributed by atoms with Crippen molar-refractivity contribution in [1.82, 2.24) is 10.3 Å². The van der Waals surface area contributed by atoms with Gasteiger partial charge in [-0.2, -0.15) is 0 Å². The third-order valence-corrected chi connectivity index (χ3v) is 2.91. The van der Waals surface area contributed by atoms with Gasteiger partial charge in [-0.1, -0.05) is 6.07 Å².